The van der Waals surface area contributed by atoms with Crippen molar-refractivity contribution in [2.45, 2.75) is 12.6 Å². The SMILES string of the molecule is O=C(O)CCOc1ccc(C(F)(F)F)cc1Cl. The quantitative estimate of drug-likeness (QED) is 0.912. The molecule has 0 aliphatic carbocycles. The van der Waals surface area contributed by atoms with Gasteiger partial charge in [0.15, 0.2) is 0 Å². The molecule has 0 atom stereocenters. The second-order valence-electron chi connectivity index (χ2n) is 3.14. The molecule has 0 amide bonds. The molecule has 1 aromatic rings. The number of hydrogen-bond donors (Lipinski definition) is 1. The number of benzene rings is 1. The Labute approximate surface area is 99.8 Å². The van der Waals surface area contributed by atoms with Crippen molar-refractivity contribution < 1.29 is 27.8 Å². The maximum Gasteiger partial charge on any atom is 0.416 e. The van der Waals surface area contributed by atoms with Crippen LogP contribution in [0, 0.1) is 0 Å². The van der Waals surface area contributed by atoms with Crippen LogP contribution in [-0.4, -0.2) is 17.7 Å². The van der Waals surface area contributed by atoms with Crippen LogP contribution in [0.2, 0.25) is 5.02 Å². The van der Waals surface area contributed by atoms with E-state index in [-0.39, 0.29) is 23.8 Å². The Morgan fingerprint density at radius 1 is 1.41 bits per heavy atom. The molecule has 1 rings (SSSR count). The molecule has 94 valence electrons. The van der Waals surface area contributed by atoms with E-state index in [0.717, 1.165) is 18.2 Å². The summed E-state index contributed by atoms with van der Waals surface area (Å²) in [6.07, 6.45) is -4.72. The predicted octanol–water partition coefficient (Wildman–Crippen LogP) is 3.21. The van der Waals surface area contributed by atoms with E-state index < -0.39 is 17.7 Å². The molecular formula is C10H8ClF3O3. The van der Waals surface area contributed by atoms with Gasteiger partial charge in [0, 0.05) is 0 Å². The van der Waals surface area contributed by atoms with Crippen LogP contribution < -0.4 is 4.74 Å². The summed E-state index contributed by atoms with van der Waals surface area (Å²) in [6.45, 7) is -0.152. The number of rotatable bonds is 4. The van der Waals surface area contributed by atoms with Gasteiger partial charge in [0.25, 0.3) is 0 Å². The minimum absolute atomic E-state index is 0.0286. The molecule has 17 heavy (non-hydrogen) atoms. The lowest BCUT2D eigenvalue weighted by molar-refractivity contribution is -0.138. The zero-order valence-electron chi connectivity index (χ0n) is 8.42. The molecular weight excluding hydrogens is 261 g/mol. The fourth-order valence-electron chi connectivity index (χ4n) is 1.04. The molecule has 0 bridgehead atoms. The minimum Gasteiger partial charge on any atom is -0.491 e. The summed E-state index contributed by atoms with van der Waals surface area (Å²) in [4.78, 5) is 10.2. The normalized spacial score (nSPS) is 11.3. The van der Waals surface area contributed by atoms with Gasteiger partial charge in [0.1, 0.15) is 5.75 Å². The van der Waals surface area contributed by atoms with Gasteiger partial charge in [-0.15, -0.1) is 0 Å². The first-order valence-corrected chi connectivity index (χ1v) is 4.90. The smallest absolute Gasteiger partial charge is 0.416 e. The van der Waals surface area contributed by atoms with Gasteiger partial charge in [-0.2, -0.15) is 13.2 Å². The second-order valence-corrected chi connectivity index (χ2v) is 3.54. The van der Waals surface area contributed by atoms with E-state index in [1.54, 1.807) is 0 Å². The largest absolute Gasteiger partial charge is 0.491 e. The Balaban J connectivity index is 2.73. The van der Waals surface area contributed by atoms with Gasteiger partial charge >= 0.3 is 12.1 Å². The highest BCUT2D eigenvalue weighted by molar-refractivity contribution is 6.32. The molecule has 0 unspecified atom stereocenters. The molecule has 3 nitrogen and oxygen atoms in total. The Hall–Kier alpha value is -1.43. The van der Waals surface area contributed by atoms with Crippen molar-refractivity contribution in [2.24, 2.45) is 0 Å². The van der Waals surface area contributed by atoms with E-state index in [0.29, 0.717) is 0 Å². The van der Waals surface area contributed by atoms with Crippen LogP contribution in [0.4, 0.5) is 13.2 Å². The highest BCUT2D eigenvalue weighted by Gasteiger charge is 2.31. The molecule has 1 aromatic carbocycles. The summed E-state index contributed by atoms with van der Waals surface area (Å²) in [7, 11) is 0. The van der Waals surface area contributed by atoms with Crippen LogP contribution in [-0.2, 0) is 11.0 Å². The number of halogens is 4. The van der Waals surface area contributed by atoms with Gasteiger partial charge in [-0.05, 0) is 18.2 Å². The fourth-order valence-corrected chi connectivity index (χ4v) is 1.28. The van der Waals surface area contributed by atoms with Crippen LogP contribution in [0.1, 0.15) is 12.0 Å². The van der Waals surface area contributed by atoms with Crippen molar-refractivity contribution in [1.82, 2.24) is 0 Å². The zero-order valence-corrected chi connectivity index (χ0v) is 9.18. The highest BCUT2D eigenvalue weighted by atomic mass is 35.5. The van der Waals surface area contributed by atoms with E-state index in [2.05, 4.69) is 0 Å². The van der Waals surface area contributed by atoms with E-state index in [4.69, 9.17) is 21.4 Å². The lowest BCUT2D eigenvalue weighted by Gasteiger charge is -2.10. The van der Waals surface area contributed by atoms with Gasteiger partial charge in [0.2, 0.25) is 0 Å². The van der Waals surface area contributed by atoms with E-state index in [1.807, 2.05) is 0 Å². The molecule has 0 saturated heterocycles. The second kappa shape index (κ2) is 5.27. The number of carbonyl (C=O) groups is 1. The topological polar surface area (TPSA) is 46.5 Å². The summed E-state index contributed by atoms with van der Waals surface area (Å²) >= 11 is 5.58. The summed E-state index contributed by atoms with van der Waals surface area (Å²) in [5.74, 6) is -1.03. The van der Waals surface area contributed by atoms with Gasteiger partial charge < -0.3 is 9.84 Å². The lowest BCUT2D eigenvalue weighted by atomic mass is 10.2. The standard InChI is InChI=1S/C10H8ClF3O3/c11-7-5-6(10(12,13)14)1-2-8(7)17-4-3-9(15)16/h1-2,5H,3-4H2,(H,15,16). The van der Waals surface area contributed by atoms with E-state index >= 15 is 0 Å². The molecule has 7 heteroatoms. The molecule has 0 spiro atoms. The monoisotopic (exact) mass is 268 g/mol. The van der Waals surface area contributed by atoms with Gasteiger partial charge in [-0.25, -0.2) is 0 Å². The lowest BCUT2D eigenvalue weighted by Crippen LogP contribution is -2.07. The van der Waals surface area contributed by atoms with Crippen molar-refractivity contribution in [2.75, 3.05) is 6.61 Å². The fraction of sp³-hybridized carbons (Fsp3) is 0.300. The Bertz CT molecular complexity index is 418. The molecule has 0 saturated carbocycles. The minimum atomic E-state index is -4.47. The van der Waals surface area contributed by atoms with E-state index in [1.165, 1.54) is 0 Å². The predicted molar refractivity (Wildman–Crippen MR) is 54.2 cm³/mol. The number of hydrogen-bond acceptors (Lipinski definition) is 2. The van der Waals surface area contributed by atoms with Crippen LogP contribution in [0.15, 0.2) is 18.2 Å². The first-order chi connectivity index (χ1) is 7.80. The van der Waals surface area contributed by atoms with Gasteiger partial charge in [-0.3, -0.25) is 4.79 Å². The third-order valence-electron chi connectivity index (χ3n) is 1.83. The molecule has 0 aliphatic heterocycles. The van der Waals surface area contributed by atoms with Crippen LogP contribution in [0.5, 0.6) is 5.75 Å². The van der Waals surface area contributed by atoms with Crippen LogP contribution >= 0.6 is 11.6 Å². The molecule has 0 aliphatic rings. The summed E-state index contributed by atoms with van der Waals surface area (Å²) < 4.78 is 41.8. The van der Waals surface area contributed by atoms with Crippen molar-refractivity contribution in [3.05, 3.63) is 28.8 Å². The summed E-state index contributed by atoms with van der Waals surface area (Å²) in [6, 6.07) is 2.62. The highest BCUT2D eigenvalue weighted by Crippen LogP contribution is 2.34. The third kappa shape index (κ3) is 4.14. The number of carboxylic acids is 1. The first kappa shape index (κ1) is 13.6. The average molecular weight is 269 g/mol. The first-order valence-electron chi connectivity index (χ1n) is 4.52. The number of ether oxygens (including phenoxy) is 1. The third-order valence-corrected chi connectivity index (χ3v) is 2.13. The van der Waals surface area contributed by atoms with Crippen molar-refractivity contribution in [3.8, 4) is 5.75 Å². The number of carboxylic acid groups (broad SMARTS) is 1. The Morgan fingerprint density at radius 2 is 2.06 bits per heavy atom. The maximum atomic E-state index is 12.3. The molecule has 0 aromatic heterocycles. The number of alkyl halides is 3. The molecule has 0 radical (unpaired) electrons. The van der Waals surface area contributed by atoms with Crippen molar-refractivity contribution in [3.63, 3.8) is 0 Å². The number of aliphatic carboxylic acids is 1. The van der Waals surface area contributed by atoms with Crippen LogP contribution in [0.25, 0.3) is 0 Å². The molecule has 1 N–H and O–H groups in total. The maximum absolute atomic E-state index is 12.3. The Morgan fingerprint density at radius 3 is 2.53 bits per heavy atom. The zero-order chi connectivity index (χ0) is 13.1. The van der Waals surface area contributed by atoms with Crippen molar-refractivity contribution in [1.29, 1.82) is 0 Å². The Kier molecular flexibility index (Phi) is 4.22. The summed E-state index contributed by atoms with van der Waals surface area (Å²) in [5, 5.41) is 8.15. The van der Waals surface area contributed by atoms with Crippen molar-refractivity contribution >= 4 is 17.6 Å². The molecule has 0 fully saturated rings. The molecule has 0 heterocycles. The van der Waals surface area contributed by atoms with Gasteiger partial charge in [0.05, 0.1) is 23.6 Å². The average Bonchev–Trinajstić information content (AvgIpc) is 2.18. The summed E-state index contributed by atoms with van der Waals surface area (Å²) in [5.41, 5.74) is -0.881. The van der Waals surface area contributed by atoms with Gasteiger partial charge in [-0.1, -0.05) is 11.6 Å². The van der Waals surface area contributed by atoms with E-state index in [9.17, 15) is 18.0 Å². The van der Waals surface area contributed by atoms with Crippen LogP contribution in [0.3, 0.4) is 0 Å².